The second-order valence-electron chi connectivity index (χ2n) is 8.12. The number of pyridine rings is 1. The van der Waals surface area contributed by atoms with Crippen LogP contribution in [0.5, 0.6) is 17.4 Å². The summed E-state index contributed by atoms with van der Waals surface area (Å²) in [5, 5.41) is 2.66. The first kappa shape index (κ1) is 24.1. The number of rotatable bonds is 7. The Bertz CT molecular complexity index is 1240. The van der Waals surface area contributed by atoms with Gasteiger partial charge in [0, 0.05) is 17.2 Å². The van der Waals surface area contributed by atoms with Crippen molar-refractivity contribution in [2.24, 2.45) is 0 Å². The Kier molecular flexibility index (Phi) is 6.99. The Morgan fingerprint density at radius 2 is 1.73 bits per heavy atom. The van der Waals surface area contributed by atoms with Crippen LogP contribution in [0.25, 0.3) is 0 Å². The quantitative estimate of drug-likeness (QED) is 0.528. The van der Waals surface area contributed by atoms with Gasteiger partial charge >= 0.3 is 0 Å². The van der Waals surface area contributed by atoms with Gasteiger partial charge in [0.1, 0.15) is 22.2 Å². The first-order valence-electron chi connectivity index (χ1n) is 9.90. The van der Waals surface area contributed by atoms with Crippen LogP contribution in [0, 0.1) is 5.82 Å². The number of carbonyl (C=O) groups is 1. The third kappa shape index (κ3) is 6.50. The van der Waals surface area contributed by atoms with Crippen molar-refractivity contribution >= 4 is 21.6 Å². The maximum atomic E-state index is 13.0. The molecule has 2 aromatic carbocycles. The van der Waals surface area contributed by atoms with Crippen LogP contribution in [0.1, 0.15) is 31.1 Å². The third-order valence-electron chi connectivity index (χ3n) is 4.19. The van der Waals surface area contributed by atoms with Crippen molar-refractivity contribution in [2.45, 2.75) is 31.2 Å². The smallest absolute Gasteiger partial charge is 0.255 e. The topological polar surface area (TPSA) is 107 Å². The molecule has 1 aromatic heterocycles. The van der Waals surface area contributed by atoms with Crippen molar-refractivity contribution in [3.8, 4) is 17.4 Å². The average Bonchev–Trinajstić information content (AvgIpc) is 2.74. The molecule has 0 saturated heterocycles. The highest BCUT2D eigenvalue weighted by molar-refractivity contribution is 7.89. The molecule has 0 unspecified atom stereocenters. The van der Waals surface area contributed by atoms with Gasteiger partial charge in [-0.3, -0.25) is 4.79 Å². The molecule has 3 rings (SSSR count). The number of nitrogens with zero attached hydrogens (tertiary/aromatic N) is 1. The van der Waals surface area contributed by atoms with Gasteiger partial charge in [-0.25, -0.2) is 22.5 Å². The summed E-state index contributed by atoms with van der Waals surface area (Å²) in [6.07, 6.45) is 1.39. The number of hydrogen-bond donors (Lipinski definition) is 2. The molecule has 0 spiro atoms. The fourth-order valence-electron chi connectivity index (χ4n) is 2.83. The first-order valence-corrected chi connectivity index (χ1v) is 11.4. The van der Waals surface area contributed by atoms with E-state index in [1.165, 1.54) is 61.8 Å². The monoisotopic (exact) mass is 473 g/mol. The van der Waals surface area contributed by atoms with Crippen molar-refractivity contribution in [3.63, 3.8) is 0 Å². The van der Waals surface area contributed by atoms with E-state index in [4.69, 9.17) is 9.47 Å². The minimum absolute atomic E-state index is 0.118. The number of anilines is 1. The minimum Gasteiger partial charge on any atom is -0.495 e. The van der Waals surface area contributed by atoms with Gasteiger partial charge < -0.3 is 14.8 Å². The predicted molar refractivity (Wildman–Crippen MR) is 122 cm³/mol. The Balaban J connectivity index is 1.76. The van der Waals surface area contributed by atoms with Crippen molar-refractivity contribution < 1.29 is 27.1 Å². The van der Waals surface area contributed by atoms with Crippen LogP contribution in [-0.4, -0.2) is 32.0 Å². The van der Waals surface area contributed by atoms with Gasteiger partial charge in [-0.1, -0.05) is 0 Å². The average molecular weight is 474 g/mol. The lowest BCUT2D eigenvalue weighted by Crippen LogP contribution is -2.40. The molecule has 0 radical (unpaired) electrons. The van der Waals surface area contributed by atoms with Crippen LogP contribution in [0.3, 0.4) is 0 Å². The molecule has 33 heavy (non-hydrogen) atoms. The zero-order valence-corrected chi connectivity index (χ0v) is 19.4. The van der Waals surface area contributed by atoms with Gasteiger partial charge in [0.05, 0.1) is 19.0 Å². The van der Waals surface area contributed by atoms with E-state index in [0.29, 0.717) is 11.4 Å². The summed E-state index contributed by atoms with van der Waals surface area (Å²) < 4.78 is 51.8. The van der Waals surface area contributed by atoms with E-state index in [0.717, 1.165) is 0 Å². The molecule has 0 fully saturated rings. The van der Waals surface area contributed by atoms with Crippen molar-refractivity contribution in [3.05, 3.63) is 72.2 Å². The second-order valence-corrected chi connectivity index (χ2v) is 9.77. The van der Waals surface area contributed by atoms with E-state index in [-0.39, 0.29) is 27.9 Å². The van der Waals surface area contributed by atoms with Crippen LogP contribution in [0.4, 0.5) is 10.1 Å². The van der Waals surface area contributed by atoms with Gasteiger partial charge in [0.2, 0.25) is 15.9 Å². The molecule has 0 aliphatic carbocycles. The summed E-state index contributed by atoms with van der Waals surface area (Å²) in [4.78, 5) is 16.7. The van der Waals surface area contributed by atoms with E-state index < -0.39 is 21.5 Å². The predicted octanol–water partition coefficient (Wildman–Crippen LogP) is 4.35. The van der Waals surface area contributed by atoms with Crippen molar-refractivity contribution in [2.75, 3.05) is 12.4 Å². The molecule has 1 heterocycles. The Hall–Kier alpha value is -3.50. The van der Waals surface area contributed by atoms with Gasteiger partial charge in [-0.05, 0) is 69.3 Å². The lowest BCUT2D eigenvalue weighted by atomic mass is 10.1. The van der Waals surface area contributed by atoms with Gasteiger partial charge in [-0.15, -0.1) is 0 Å². The minimum atomic E-state index is -3.94. The van der Waals surface area contributed by atoms with Crippen LogP contribution in [0.15, 0.2) is 65.7 Å². The van der Waals surface area contributed by atoms with E-state index in [1.54, 1.807) is 26.8 Å². The first-order chi connectivity index (χ1) is 15.5. The molecule has 1 amide bonds. The summed E-state index contributed by atoms with van der Waals surface area (Å²) in [7, 11) is -2.58. The number of ether oxygens (including phenoxy) is 2. The number of carbonyl (C=O) groups excluding carboxylic acids is 1. The molecular formula is C23H24FN3O5S. The van der Waals surface area contributed by atoms with Crippen LogP contribution in [-0.2, 0) is 10.0 Å². The zero-order valence-electron chi connectivity index (χ0n) is 18.5. The third-order valence-corrected chi connectivity index (χ3v) is 5.97. The number of benzene rings is 2. The number of nitrogens with one attached hydrogen (secondary N) is 2. The van der Waals surface area contributed by atoms with E-state index in [9.17, 15) is 17.6 Å². The molecule has 10 heteroatoms. The number of aromatic nitrogens is 1. The summed E-state index contributed by atoms with van der Waals surface area (Å²) in [5.41, 5.74) is -0.220. The lowest BCUT2D eigenvalue weighted by Gasteiger charge is -2.21. The normalized spacial score (nSPS) is 11.7. The summed E-state index contributed by atoms with van der Waals surface area (Å²) >= 11 is 0. The van der Waals surface area contributed by atoms with Crippen molar-refractivity contribution in [1.82, 2.24) is 9.71 Å². The number of sulfonamides is 1. The Morgan fingerprint density at radius 1 is 1.03 bits per heavy atom. The maximum absolute atomic E-state index is 13.0. The number of hydrogen-bond acceptors (Lipinski definition) is 6. The van der Waals surface area contributed by atoms with Gasteiger partial charge in [0.15, 0.2) is 0 Å². The van der Waals surface area contributed by atoms with E-state index in [2.05, 4.69) is 15.0 Å². The zero-order chi connectivity index (χ0) is 24.2. The van der Waals surface area contributed by atoms with Gasteiger partial charge in [0.25, 0.3) is 5.91 Å². The largest absolute Gasteiger partial charge is 0.495 e. The van der Waals surface area contributed by atoms with Crippen LogP contribution >= 0.6 is 0 Å². The summed E-state index contributed by atoms with van der Waals surface area (Å²) in [6, 6.07) is 12.7. The van der Waals surface area contributed by atoms with E-state index in [1.807, 2.05) is 0 Å². The highest BCUT2D eigenvalue weighted by atomic mass is 32.2. The SMILES string of the molecule is COc1ccc(C(=O)Nc2ccc(Oc3ccc(F)cc3)nc2)cc1S(=O)(=O)NC(C)(C)C. The van der Waals surface area contributed by atoms with Gasteiger partial charge in [-0.2, -0.15) is 0 Å². The standard InChI is InChI=1S/C23H24FN3O5S/c1-23(2,3)27-33(29,30)20-13-15(5-11-19(20)31-4)22(28)26-17-8-12-21(25-14-17)32-18-9-6-16(24)7-10-18/h5-14,27H,1-4H3,(H,26,28). The number of amides is 1. The molecule has 174 valence electrons. The van der Waals surface area contributed by atoms with Crippen LogP contribution < -0.4 is 19.5 Å². The Labute approximate surface area is 191 Å². The van der Waals surface area contributed by atoms with Crippen LogP contribution in [0.2, 0.25) is 0 Å². The van der Waals surface area contributed by atoms with E-state index >= 15 is 0 Å². The molecule has 0 aliphatic rings. The Morgan fingerprint density at radius 3 is 2.30 bits per heavy atom. The highest BCUT2D eigenvalue weighted by Gasteiger charge is 2.26. The fourth-order valence-corrected chi connectivity index (χ4v) is 4.44. The lowest BCUT2D eigenvalue weighted by molar-refractivity contribution is 0.102. The molecule has 0 bridgehead atoms. The molecule has 0 atom stereocenters. The maximum Gasteiger partial charge on any atom is 0.255 e. The molecule has 3 aromatic rings. The van der Waals surface area contributed by atoms with Crippen molar-refractivity contribution in [1.29, 1.82) is 0 Å². The fraction of sp³-hybridized carbons (Fsp3) is 0.217. The molecule has 0 aliphatic heterocycles. The number of methoxy groups -OCH3 is 1. The molecule has 2 N–H and O–H groups in total. The second kappa shape index (κ2) is 9.55. The number of halogens is 1. The molecule has 8 nitrogen and oxygen atoms in total. The summed E-state index contributed by atoms with van der Waals surface area (Å²) in [6.45, 7) is 5.14. The highest BCUT2D eigenvalue weighted by Crippen LogP contribution is 2.27. The molecule has 0 saturated carbocycles. The summed E-state index contributed by atoms with van der Waals surface area (Å²) in [5.74, 6) is -0.120. The molecular weight excluding hydrogens is 449 g/mol.